The first-order chi connectivity index (χ1) is 16.4. The number of halogens is 3. The van der Waals surface area contributed by atoms with Crippen molar-refractivity contribution in [1.82, 2.24) is 14.9 Å². The summed E-state index contributed by atoms with van der Waals surface area (Å²) in [5.41, 5.74) is 2.64. The lowest BCUT2D eigenvalue weighted by Crippen LogP contribution is -2.42. The molecule has 0 bridgehead atoms. The van der Waals surface area contributed by atoms with Crippen molar-refractivity contribution >= 4 is 5.78 Å². The lowest BCUT2D eigenvalue weighted by Gasteiger charge is -2.39. The van der Waals surface area contributed by atoms with E-state index in [0.717, 1.165) is 54.9 Å². The first-order valence-electron chi connectivity index (χ1n) is 11.4. The molecule has 4 heterocycles. The number of fused-ring (bicyclic) bond motifs is 2. The second-order valence-electron chi connectivity index (χ2n) is 8.22. The zero-order chi connectivity index (χ0) is 24.3. The lowest BCUT2D eigenvalue weighted by atomic mass is 9.84. The van der Waals surface area contributed by atoms with E-state index in [2.05, 4.69) is 14.9 Å². The molecule has 34 heavy (non-hydrogen) atoms. The minimum Gasteiger partial charge on any atom is -0.365 e. The van der Waals surface area contributed by atoms with Gasteiger partial charge < -0.3 is 4.74 Å². The largest absolute Gasteiger partial charge is 0.365 e. The fourth-order valence-electron chi connectivity index (χ4n) is 4.46. The van der Waals surface area contributed by atoms with Gasteiger partial charge in [0.1, 0.15) is 0 Å². The number of ether oxygens (including phenoxy) is 1. The molecule has 3 aromatic rings. The summed E-state index contributed by atoms with van der Waals surface area (Å²) < 4.78 is 46.0. The Morgan fingerprint density at radius 2 is 1.71 bits per heavy atom. The normalized spacial score (nSPS) is 16.6. The number of pyridine rings is 2. The maximum absolute atomic E-state index is 13.4. The highest BCUT2D eigenvalue weighted by Gasteiger charge is 2.43. The van der Waals surface area contributed by atoms with Crippen LogP contribution in [0, 0.1) is 17.6 Å². The number of hydrogen-bond acceptors (Lipinski definition) is 5. The fraction of sp³-hybridized carbons (Fsp3) is 0.346. The molecular weight excluding hydrogens is 443 g/mol. The molecule has 8 heteroatoms. The third-order valence-corrected chi connectivity index (χ3v) is 6.27. The van der Waals surface area contributed by atoms with Gasteiger partial charge in [0.05, 0.1) is 17.9 Å². The van der Waals surface area contributed by atoms with E-state index in [9.17, 15) is 18.0 Å². The summed E-state index contributed by atoms with van der Waals surface area (Å²) in [6.45, 7) is 6.59. The quantitative estimate of drug-likeness (QED) is 0.390. The van der Waals surface area contributed by atoms with Crippen molar-refractivity contribution in [2.24, 2.45) is 0 Å². The van der Waals surface area contributed by atoms with E-state index >= 15 is 0 Å². The van der Waals surface area contributed by atoms with Crippen LogP contribution in [0.3, 0.4) is 0 Å². The first-order valence-corrected chi connectivity index (χ1v) is 11.4. The van der Waals surface area contributed by atoms with Crippen LogP contribution in [-0.2, 0) is 23.5 Å². The number of carbonyl (C=O) groups excluding carboxylic acids is 1. The smallest absolute Gasteiger partial charge is 0.213 e. The number of rotatable bonds is 4. The van der Waals surface area contributed by atoms with Gasteiger partial charge >= 0.3 is 0 Å². The number of hydrogen-bond donors (Lipinski definition) is 0. The van der Waals surface area contributed by atoms with Crippen LogP contribution in [0.5, 0.6) is 0 Å². The van der Waals surface area contributed by atoms with Crippen LogP contribution in [-0.4, -0.2) is 33.7 Å². The van der Waals surface area contributed by atoms with E-state index in [0.29, 0.717) is 18.7 Å². The van der Waals surface area contributed by atoms with Crippen molar-refractivity contribution in [3.8, 4) is 0 Å². The molecule has 178 valence electrons. The first kappa shape index (κ1) is 24.0. The highest BCUT2D eigenvalue weighted by molar-refractivity contribution is 6.08. The molecule has 2 aliphatic heterocycles. The predicted octanol–water partition coefficient (Wildman–Crippen LogP) is 5.17. The van der Waals surface area contributed by atoms with E-state index in [4.69, 9.17) is 4.74 Å². The van der Waals surface area contributed by atoms with Crippen molar-refractivity contribution in [3.05, 3.63) is 94.3 Å². The van der Waals surface area contributed by atoms with E-state index in [1.165, 1.54) is 18.3 Å². The molecule has 0 aliphatic carbocycles. The monoisotopic (exact) mass is 469 g/mol. The highest BCUT2D eigenvalue weighted by atomic mass is 19.2. The highest BCUT2D eigenvalue weighted by Crippen LogP contribution is 2.44. The average molecular weight is 470 g/mol. The Morgan fingerprint density at radius 3 is 2.38 bits per heavy atom. The molecule has 2 aromatic heterocycles. The van der Waals surface area contributed by atoms with Crippen LogP contribution >= 0.6 is 0 Å². The molecule has 0 radical (unpaired) electrons. The molecule has 0 N–H and O–H groups in total. The van der Waals surface area contributed by atoms with Crippen LogP contribution in [0.25, 0.3) is 0 Å². The Morgan fingerprint density at radius 1 is 0.971 bits per heavy atom. The molecule has 5 rings (SSSR count). The number of carbonyl (C=O) groups is 1. The summed E-state index contributed by atoms with van der Waals surface area (Å²) in [6.07, 6.45) is 4.61. The minimum absolute atomic E-state index is 0.0750. The lowest BCUT2D eigenvalue weighted by molar-refractivity contribution is -0.0801. The van der Waals surface area contributed by atoms with Crippen LogP contribution in [0.4, 0.5) is 13.2 Å². The number of ketones is 1. The SMILES string of the molecule is CC.O=C(c1ccc(CN2CCC3(CC2)OCc2cc(F)ncc23)nc1)c1ccc(F)c(F)c1. The average Bonchev–Trinajstić information content (AvgIpc) is 3.20. The van der Waals surface area contributed by atoms with Gasteiger partial charge in [-0.1, -0.05) is 13.8 Å². The van der Waals surface area contributed by atoms with Crippen molar-refractivity contribution < 1.29 is 22.7 Å². The summed E-state index contributed by atoms with van der Waals surface area (Å²) in [4.78, 5) is 22.9. The Kier molecular flexibility index (Phi) is 7.09. The predicted molar refractivity (Wildman–Crippen MR) is 121 cm³/mol. The topological polar surface area (TPSA) is 55.3 Å². The van der Waals surface area contributed by atoms with Crippen molar-refractivity contribution in [1.29, 1.82) is 0 Å². The van der Waals surface area contributed by atoms with Gasteiger partial charge in [0.2, 0.25) is 5.95 Å². The van der Waals surface area contributed by atoms with Crippen molar-refractivity contribution in [2.75, 3.05) is 13.1 Å². The number of aromatic nitrogens is 2. The maximum Gasteiger partial charge on any atom is 0.213 e. The molecule has 1 aromatic carbocycles. The van der Waals surface area contributed by atoms with Gasteiger partial charge in [0.15, 0.2) is 17.4 Å². The van der Waals surface area contributed by atoms with Crippen LogP contribution in [0.2, 0.25) is 0 Å². The summed E-state index contributed by atoms with van der Waals surface area (Å²) >= 11 is 0. The Labute approximate surface area is 196 Å². The summed E-state index contributed by atoms with van der Waals surface area (Å²) in [5.74, 6) is -2.95. The van der Waals surface area contributed by atoms with Crippen LogP contribution < -0.4 is 0 Å². The zero-order valence-electron chi connectivity index (χ0n) is 19.2. The molecule has 2 aliphatic rings. The molecule has 0 atom stereocenters. The van der Waals surface area contributed by atoms with Gasteiger partial charge in [0, 0.05) is 48.7 Å². The van der Waals surface area contributed by atoms with E-state index in [1.807, 2.05) is 13.8 Å². The Hall–Kier alpha value is -3.10. The Bertz CT molecular complexity index is 1180. The second-order valence-corrected chi connectivity index (χ2v) is 8.22. The number of piperidine rings is 1. The standard InChI is InChI=1S/C24H20F3N3O2.C2H6/c25-20-4-2-15(9-21(20)26)23(31)16-1-3-18(28-11-16)13-30-7-5-24(6-8-30)19-12-29-22(27)10-17(19)14-32-24;1-2/h1-4,9-12H,5-8,13-14H2;1-2H3. The van der Waals surface area contributed by atoms with Gasteiger partial charge in [-0.05, 0) is 54.8 Å². The van der Waals surface area contributed by atoms with Gasteiger partial charge in [0.25, 0.3) is 0 Å². The summed E-state index contributed by atoms with van der Waals surface area (Å²) in [7, 11) is 0. The van der Waals surface area contributed by atoms with Gasteiger partial charge in [-0.2, -0.15) is 4.39 Å². The van der Waals surface area contributed by atoms with Gasteiger partial charge in [-0.25, -0.2) is 13.8 Å². The fourth-order valence-corrected chi connectivity index (χ4v) is 4.46. The van der Waals surface area contributed by atoms with Crippen molar-refractivity contribution in [3.63, 3.8) is 0 Å². The van der Waals surface area contributed by atoms with E-state index in [1.54, 1.807) is 18.3 Å². The van der Waals surface area contributed by atoms with E-state index in [-0.39, 0.29) is 5.56 Å². The molecule has 0 unspecified atom stereocenters. The van der Waals surface area contributed by atoms with Crippen LogP contribution in [0.1, 0.15) is 59.4 Å². The van der Waals surface area contributed by atoms with Gasteiger partial charge in [-0.3, -0.25) is 14.7 Å². The molecule has 1 spiro atoms. The molecule has 1 fully saturated rings. The van der Waals surface area contributed by atoms with Gasteiger partial charge in [-0.15, -0.1) is 0 Å². The Balaban J connectivity index is 0.00000133. The van der Waals surface area contributed by atoms with Crippen molar-refractivity contribution in [2.45, 2.75) is 45.4 Å². The zero-order valence-corrected chi connectivity index (χ0v) is 19.2. The second kappa shape index (κ2) is 10.0. The van der Waals surface area contributed by atoms with E-state index < -0.39 is 29.0 Å². The minimum atomic E-state index is -1.06. The summed E-state index contributed by atoms with van der Waals surface area (Å²) in [6, 6.07) is 7.95. The molecule has 0 saturated carbocycles. The third kappa shape index (κ3) is 4.74. The number of likely N-dealkylation sites (tertiary alicyclic amines) is 1. The molecule has 5 nitrogen and oxygen atoms in total. The summed E-state index contributed by atoms with van der Waals surface area (Å²) in [5, 5.41) is 0. The van der Waals surface area contributed by atoms with Crippen LogP contribution in [0.15, 0.2) is 48.8 Å². The number of benzene rings is 1. The molecule has 0 amide bonds. The maximum atomic E-state index is 13.4. The molecule has 1 saturated heterocycles. The third-order valence-electron chi connectivity index (χ3n) is 6.27. The number of nitrogens with zero attached hydrogens (tertiary/aromatic N) is 3. The molecular formula is C26H26F3N3O2.